The highest BCUT2D eigenvalue weighted by atomic mass is 79.9. The van der Waals surface area contributed by atoms with Crippen LogP contribution in [0.25, 0.3) is 0 Å². The molecule has 2 N–H and O–H groups in total. The van der Waals surface area contributed by atoms with Gasteiger partial charge in [0.05, 0.1) is 15.6 Å². The smallest absolute Gasteiger partial charge is 0.0967 e. The summed E-state index contributed by atoms with van der Waals surface area (Å²) in [7, 11) is 0. The fourth-order valence-electron chi connectivity index (χ4n) is 0.616. The van der Waals surface area contributed by atoms with Crippen molar-refractivity contribution in [2.75, 3.05) is 5.73 Å². The van der Waals surface area contributed by atoms with E-state index in [1.54, 1.807) is 12.4 Å². The summed E-state index contributed by atoms with van der Waals surface area (Å²) in [5, 5.41) is 0. The van der Waals surface area contributed by atoms with Gasteiger partial charge in [-0.1, -0.05) is 31.9 Å². The molecular weight excluding hydrogens is 260 g/mol. The third-order valence-electron chi connectivity index (χ3n) is 1.12. The number of hydrogen-bond donors (Lipinski definition) is 1. The second kappa shape index (κ2) is 3.34. The number of nitrogens with two attached hydrogens (primary N) is 1. The lowest BCUT2D eigenvalue weighted by molar-refractivity contribution is 1.28. The Morgan fingerprint density at radius 1 is 1.50 bits per heavy atom. The van der Waals surface area contributed by atoms with E-state index in [9.17, 15) is 0 Å². The molecular formula is C6H6Br2N2. The van der Waals surface area contributed by atoms with E-state index < -0.39 is 0 Å². The van der Waals surface area contributed by atoms with Crippen LogP contribution in [0.1, 0.15) is 9.30 Å². The van der Waals surface area contributed by atoms with Crippen molar-refractivity contribution < 1.29 is 0 Å². The first-order valence-corrected chi connectivity index (χ1v) is 4.52. The van der Waals surface area contributed by atoms with Gasteiger partial charge >= 0.3 is 0 Å². The second-order valence-corrected chi connectivity index (χ2v) is 4.87. The molecule has 0 atom stereocenters. The normalized spacial score (nSPS) is 10.3. The summed E-state index contributed by atoms with van der Waals surface area (Å²) in [4.78, 5) is 3.86. The molecule has 0 radical (unpaired) electrons. The number of aromatic nitrogens is 1. The van der Waals surface area contributed by atoms with Crippen LogP contribution in [0.5, 0.6) is 0 Å². The SMILES string of the molecule is Nc1cnccc1C(Br)Br. The monoisotopic (exact) mass is 264 g/mol. The lowest BCUT2D eigenvalue weighted by Gasteiger charge is -2.03. The molecule has 0 unspecified atom stereocenters. The second-order valence-electron chi connectivity index (χ2n) is 1.81. The summed E-state index contributed by atoms with van der Waals surface area (Å²) in [5.41, 5.74) is 7.30. The fraction of sp³-hybridized carbons (Fsp3) is 0.167. The van der Waals surface area contributed by atoms with Crippen LogP contribution in [0.2, 0.25) is 0 Å². The van der Waals surface area contributed by atoms with Crippen LogP contribution in [0.15, 0.2) is 18.5 Å². The first-order valence-electron chi connectivity index (χ1n) is 2.69. The minimum Gasteiger partial charge on any atom is -0.397 e. The predicted molar refractivity (Wildman–Crippen MR) is 49.2 cm³/mol. The van der Waals surface area contributed by atoms with Crippen LogP contribution >= 0.6 is 31.9 Å². The summed E-state index contributed by atoms with van der Waals surface area (Å²) in [6.45, 7) is 0. The number of pyridine rings is 1. The molecule has 1 aromatic rings. The topological polar surface area (TPSA) is 38.9 Å². The zero-order chi connectivity index (χ0) is 7.56. The van der Waals surface area contributed by atoms with Crippen molar-refractivity contribution in [1.82, 2.24) is 4.98 Å². The van der Waals surface area contributed by atoms with E-state index in [0.29, 0.717) is 5.69 Å². The highest BCUT2D eigenvalue weighted by Gasteiger charge is 2.04. The highest BCUT2D eigenvalue weighted by molar-refractivity contribution is 9.24. The van der Waals surface area contributed by atoms with Gasteiger partial charge in [-0.3, -0.25) is 4.98 Å². The molecule has 0 amide bonds. The van der Waals surface area contributed by atoms with Gasteiger partial charge in [0.15, 0.2) is 0 Å². The van der Waals surface area contributed by atoms with Crippen LogP contribution in [-0.2, 0) is 0 Å². The maximum atomic E-state index is 5.60. The molecule has 10 heavy (non-hydrogen) atoms. The Hall–Kier alpha value is -0.0900. The lowest BCUT2D eigenvalue weighted by Crippen LogP contribution is -1.92. The van der Waals surface area contributed by atoms with Crippen molar-refractivity contribution in [3.8, 4) is 0 Å². The van der Waals surface area contributed by atoms with Gasteiger partial charge < -0.3 is 5.73 Å². The van der Waals surface area contributed by atoms with E-state index >= 15 is 0 Å². The van der Waals surface area contributed by atoms with Crippen LogP contribution in [0, 0.1) is 0 Å². The van der Waals surface area contributed by atoms with E-state index in [-0.39, 0.29) is 3.74 Å². The number of anilines is 1. The van der Waals surface area contributed by atoms with Crippen molar-refractivity contribution in [2.24, 2.45) is 0 Å². The van der Waals surface area contributed by atoms with E-state index in [4.69, 9.17) is 5.73 Å². The molecule has 0 spiro atoms. The van der Waals surface area contributed by atoms with E-state index in [1.165, 1.54) is 0 Å². The molecule has 1 aromatic heterocycles. The number of nitrogens with zero attached hydrogens (tertiary/aromatic N) is 1. The van der Waals surface area contributed by atoms with Gasteiger partial charge in [-0.15, -0.1) is 0 Å². The average molecular weight is 266 g/mol. The third-order valence-corrected chi connectivity index (χ3v) is 2.11. The van der Waals surface area contributed by atoms with Gasteiger partial charge in [0, 0.05) is 11.8 Å². The predicted octanol–water partition coefficient (Wildman–Crippen LogP) is 2.45. The van der Waals surface area contributed by atoms with Gasteiger partial charge in [0.2, 0.25) is 0 Å². The number of nitrogen functional groups attached to an aromatic ring is 1. The first-order chi connectivity index (χ1) is 4.72. The van der Waals surface area contributed by atoms with Gasteiger partial charge in [-0.05, 0) is 6.07 Å². The molecule has 2 nitrogen and oxygen atoms in total. The Balaban J connectivity index is 3.03. The zero-order valence-electron chi connectivity index (χ0n) is 5.09. The molecule has 4 heteroatoms. The average Bonchev–Trinajstić information content (AvgIpc) is 1.88. The summed E-state index contributed by atoms with van der Waals surface area (Å²) in [6, 6.07) is 1.86. The highest BCUT2D eigenvalue weighted by Crippen LogP contribution is 2.31. The molecule has 0 saturated heterocycles. The molecule has 0 aromatic carbocycles. The Kier molecular flexibility index (Phi) is 2.68. The van der Waals surface area contributed by atoms with Crippen LogP contribution < -0.4 is 5.73 Å². The quantitative estimate of drug-likeness (QED) is 0.793. The van der Waals surface area contributed by atoms with Crippen molar-refractivity contribution in [3.63, 3.8) is 0 Å². The molecule has 0 bridgehead atoms. The Morgan fingerprint density at radius 3 is 2.60 bits per heavy atom. The summed E-state index contributed by atoms with van der Waals surface area (Å²) >= 11 is 6.68. The molecule has 0 saturated carbocycles. The van der Waals surface area contributed by atoms with Crippen molar-refractivity contribution in [1.29, 1.82) is 0 Å². The standard InChI is InChI=1S/C6H6Br2N2/c7-6(8)4-1-2-10-3-5(4)9/h1-3,6H,9H2. The maximum absolute atomic E-state index is 5.60. The molecule has 1 heterocycles. The molecule has 54 valence electrons. The first kappa shape index (κ1) is 8.01. The molecule has 0 aliphatic heterocycles. The van der Waals surface area contributed by atoms with Crippen LogP contribution in [-0.4, -0.2) is 4.98 Å². The van der Waals surface area contributed by atoms with Crippen molar-refractivity contribution >= 4 is 37.5 Å². The van der Waals surface area contributed by atoms with E-state index in [2.05, 4.69) is 36.8 Å². The number of hydrogen-bond acceptors (Lipinski definition) is 2. The van der Waals surface area contributed by atoms with E-state index in [1.807, 2.05) is 6.07 Å². The largest absolute Gasteiger partial charge is 0.397 e. The fourth-order valence-corrected chi connectivity index (χ4v) is 1.45. The summed E-state index contributed by atoms with van der Waals surface area (Å²) < 4.78 is 0.114. The summed E-state index contributed by atoms with van der Waals surface area (Å²) in [6.07, 6.45) is 3.34. The number of alkyl halides is 2. The third kappa shape index (κ3) is 1.70. The van der Waals surface area contributed by atoms with Gasteiger partial charge in [-0.2, -0.15) is 0 Å². The van der Waals surface area contributed by atoms with Gasteiger partial charge in [-0.25, -0.2) is 0 Å². The van der Waals surface area contributed by atoms with Crippen LogP contribution in [0.3, 0.4) is 0 Å². The minimum absolute atomic E-state index is 0.114. The summed E-state index contributed by atoms with van der Waals surface area (Å²) in [5.74, 6) is 0. The maximum Gasteiger partial charge on any atom is 0.0967 e. The Bertz CT molecular complexity index is 225. The van der Waals surface area contributed by atoms with E-state index in [0.717, 1.165) is 5.56 Å². The van der Waals surface area contributed by atoms with Crippen molar-refractivity contribution in [2.45, 2.75) is 3.74 Å². The number of rotatable bonds is 1. The molecule has 0 aliphatic rings. The molecule has 0 aliphatic carbocycles. The van der Waals surface area contributed by atoms with Crippen LogP contribution in [0.4, 0.5) is 5.69 Å². The Morgan fingerprint density at radius 2 is 2.20 bits per heavy atom. The molecule has 1 rings (SSSR count). The Labute approximate surface area is 76.1 Å². The number of halogens is 2. The van der Waals surface area contributed by atoms with Gasteiger partial charge in [0.25, 0.3) is 0 Å². The minimum atomic E-state index is 0.114. The van der Waals surface area contributed by atoms with Crippen molar-refractivity contribution in [3.05, 3.63) is 24.0 Å². The zero-order valence-corrected chi connectivity index (χ0v) is 8.26. The van der Waals surface area contributed by atoms with Gasteiger partial charge in [0.1, 0.15) is 0 Å². The lowest BCUT2D eigenvalue weighted by atomic mass is 10.3. The molecule has 0 fully saturated rings.